The van der Waals surface area contributed by atoms with Gasteiger partial charge in [0.15, 0.2) is 5.92 Å². The molecular weight excluding hydrogens is 501 g/mol. The molecule has 6 nitrogen and oxygen atoms in total. The first-order valence-corrected chi connectivity index (χ1v) is 12.2. The van der Waals surface area contributed by atoms with Crippen LogP contribution in [-0.2, 0) is 25.7 Å². The number of cyclic esters (lactones) is 2. The Hall–Kier alpha value is -3.48. The van der Waals surface area contributed by atoms with Crippen LogP contribution in [0, 0.1) is 5.92 Å². The van der Waals surface area contributed by atoms with Gasteiger partial charge in [0.05, 0.1) is 5.02 Å². The first kappa shape index (κ1) is 24.2. The summed E-state index contributed by atoms with van der Waals surface area (Å²) in [6.45, 7) is 3.37. The van der Waals surface area contributed by atoms with Crippen molar-refractivity contribution in [3.8, 4) is 5.75 Å². The van der Waals surface area contributed by atoms with Crippen LogP contribution in [0.15, 0.2) is 72.9 Å². The summed E-state index contributed by atoms with van der Waals surface area (Å²) in [4.78, 5) is 29.4. The Bertz CT molecular complexity index is 1420. The number of carbonyl (C=O) groups excluding carboxylic acids is 2. The topological polar surface area (TPSA) is 77.6 Å². The van der Waals surface area contributed by atoms with E-state index in [1.54, 1.807) is 36.5 Å². The average molecular weight is 524 g/mol. The summed E-state index contributed by atoms with van der Waals surface area (Å²) in [6, 6.07) is 20.3. The van der Waals surface area contributed by atoms with Gasteiger partial charge in [0.25, 0.3) is 5.79 Å². The second-order valence-corrected chi connectivity index (χ2v) is 9.94. The molecule has 1 aliphatic rings. The molecule has 8 heteroatoms. The minimum Gasteiger partial charge on any atom is -0.487 e. The van der Waals surface area contributed by atoms with E-state index in [1.807, 2.05) is 36.4 Å². The van der Waals surface area contributed by atoms with E-state index in [-0.39, 0.29) is 0 Å². The van der Waals surface area contributed by atoms with Crippen molar-refractivity contribution in [2.45, 2.75) is 32.2 Å². The lowest BCUT2D eigenvalue weighted by atomic mass is 9.80. The fourth-order valence-corrected chi connectivity index (χ4v) is 4.84. The fraction of sp³-hybridized carbons (Fsp3) is 0.214. The van der Waals surface area contributed by atoms with Crippen molar-refractivity contribution in [3.63, 3.8) is 0 Å². The molecule has 0 saturated carbocycles. The predicted molar refractivity (Wildman–Crippen MR) is 137 cm³/mol. The molecule has 0 spiro atoms. The van der Waals surface area contributed by atoms with Gasteiger partial charge >= 0.3 is 11.9 Å². The number of H-pyrrole nitrogens is 1. The number of esters is 2. The highest BCUT2D eigenvalue weighted by Crippen LogP contribution is 2.42. The molecule has 0 radical (unpaired) electrons. The highest BCUT2D eigenvalue weighted by molar-refractivity contribution is 6.32. The predicted octanol–water partition coefficient (Wildman–Crippen LogP) is 6.64. The van der Waals surface area contributed by atoms with Crippen LogP contribution in [0.3, 0.4) is 0 Å². The molecule has 1 aliphatic heterocycles. The number of carbonyl (C=O) groups is 2. The van der Waals surface area contributed by atoms with Crippen molar-refractivity contribution < 1.29 is 23.8 Å². The van der Waals surface area contributed by atoms with Gasteiger partial charge in [0.1, 0.15) is 12.4 Å². The molecule has 1 atom stereocenters. The number of aromatic amines is 1. The summed E-state index contributed by atoms with van der Waals surface area (Å²) in [5.41, 5.74) is 3.23. The maximum atomic E-state index is 13.1. The lowest BCUT2D eigenvalue weighted by Crippen LogP contribution is -2.48. The zero-order valence-electron chi connectivity index (χ0n) is 19.6. The summed E-state index contributed by atoms with van der Waals surface area (Å²) in [7, 11) is 0. The van der Waals surface area contributed by atoms with Crippen LogP contribution in [0.25, 0.3) is 10.9 Å². The fourth-order valence-electron chi connectivity index (χ4n) is 4.47. The molecule has 3 aromatic carbocycles. The Kier molecular flexibility index (Phi) is 6.41. The van der Waals surface area contributed by atoms with Crippen LogP contribution >= 0.6 is 23.2 Å². The average Bonchev–Trinajstić information content (AvgIpc) is 3.25. The molecule has 2 heterocycles. The van der Waals surface area contributed by atoms with Gasteiger partial charge in [-0.1, -0.05) is 59.6 Å². The van der Waals surface area contributed by atoms with Crippen LogP contribution in [0.4, 0.5) is 0 Å². The molecule has 1 fully saturated rings. The molecule has 0 amide bonds. The monoisotopic (exact) mass is 523 g/mol. The molecule has 0 bridgehead atoms. The van der Waals surface area contributed by atoms with Gasteiger partial charge in [0.2, 0.25) is 0 Å². The first-order valence-electron chi connectivity index (χ1n) is 11.4. The van der Waals surface area contributed by atoms with Gasteiger partial charge in [-0.3, -0.25) is 9.59 Å². The second kappa shape index (κ2) is 9.52. The Labute approximate surface area is 218 Å². The van der Waals surface area contributed by atoms with Crippen LogP contribution in [0.2, 0.25) is 10.0 Å². The molecule has 0 unspecified atom stereocenters. The third-order valence-electron chi connectivity index (χ3n) is 6.11. The highest BCUT2D eigenvalue weighted by atomic mass is 35.5. The zero-order valence-corrected chi connectivity index (χ0v) is 21.1. The van der Waals surface area contributed by atoms with Crippen LogP contribution in [0.5, 0.6) is 5.75 Å². The number of fused-ring (bicyclic) bond motifs is 1. The summed E-state index contributed by atoms with van der Waals surface area (Å²) in [5.74, 6) is -4.04. The minimum absolute atomic E-state index is 0.304. The number of benzene rings is 3. The Balaban J connectivity index is 1.52. The molecule has 5 rings (SSSR count). The number of ether oxygens (including phenoxy) is 3. The van der Waals surface area contributed by atoms with Gasteiger partial charge in [-0.05, 0) is 47.0 Å². The molecule has 36 heavy (non-hydrogen) atoms. The largest absolute Gasteiger partial charge is 0.487 e. The second-order valence-electron chi connectivity index (χ2n) is 9.09. The van der Waals surface area contributed by atoms with Gasteiger partial charge in [-0.15, -0.1) is 0 Å². The SMILES string of the molecule is CC1(C)OC(=O)C([C@H](c2ccc(OCc3ccc(Cl)cc3)c(Cl)c2)c2c[nH]c3ccccc23)C(=O)O1. The van der Waals surface area contributed by atoms with E-state index in [2.05, 4.69) is 4.98 Å². The standard InChI is InChI=1S/C28H23Cl2NO5/c1-28(2)35-26(32)25(27(33)36-28)24(20-14-31-22-6-4-3-5-19(20)22)17-9-12-23(21(30)13-17)34-15-16-7-10-18(29)11-8-16/h3-14,24-25,31H,15H2,1-2H3/t24-/m1/s1. The third-order valence-corrected chi connectivity index (χ3v) is 6.66. The number of nitrogens with one attached hydrogen (secondary N) is 1. The van der Waals surface area contributed by atoms with E-state index in [0.29, 0.717) is 28.0 Å². The minimum atomic E-state index is -1.33. The third kappa shape index (κ3) is 4.79. The van der Waals surface area contributed by atoms with E-state index in [1.165, 1.54) is 13.8 Å². The van der Waals surface area contributed by atoms with Crippen molar-refractivity contribution in [1.82, 2.24) is 4.98 Å². The van der Waals surface area contributed by atoms with Crippen molar-refractivity contribution in [1.29, 1.82) is 0 Å². The molecule has 184 valence electrons. The van der Waals surface area contributed by atoms with E-state index in [0.717, 1.165) is 22.0 Å². The lowest BCUT2D eigenvalue weighted by molar-refractivity contribution is -0.240. The van der Waals surface area contributed by atoms with Crippen molar-refractivity contribution in [2.75, 3.05) is 0 Å². The van der Waals surface area contributed by atoms with Crippen molar-refractivity contribution in [2.24, 2.45) is 5.92 Å². The lowest BCUT2D eigenvalue weighted by Gasteiger charge is -2.36. The van der Waals surface area contributed by atoms with E-state index >= 15 is 0 Å². The summed E-state index contributed by atoms with van der Waals surface area (Å²) in [5, 5.41) is 1.88. The van der Waals surface area contributed by atoms with Crippen molar-refractivity contribution >= 4 is 46.0 Å². The first-order chi connectivity index (χ1) is 17.2. The van der Waals surface area contributed by atoms with Gasteiger partial charge < -0.3 is 19.2 Å². The number of para-hydroxylation sites is 1. The summed E-state index contributed by atoms with van der Waals surface area (Å²) >= 11 is 12.6. The number of hydrogen-bond donors (Lipinski definition) is 1. The molecule has 1 aromatic heterocycles. The van der Waals surface area contributed by atoms with E-state index < -0.39 is 29.6 Å². The Morgan fingerprint density at radius 2 is 1.67 bits per heavy atom. The molecule has 1 saturated heterocycles. The van der Waals surface area contributed by atoms with E-state index in [9.17, 15) is 9.59 Å². The maximum absolute atomic E-state index is 13.1. The smallest absolute Gasteiger partial charge is 0.324 e. The molecule has 4 aromatic rings. The van der Waals surface area contributed by atoms with Crippen LogP contribution < -0.4 is 4.74 Å². The van der Waals surface area contributed by atoms with Crippen molar-refractivity contribution in [3.05, 3.63) is 99.7 Å². The number of halogens is 2. The summed E-state index contributed by atoms with van der Waals surface area (Å²) < 4.78 is 16.8. The van der Waals surface area contributed by atoms with Crippen LogP contribution in [0.1, 0.15) is 36.5 Å². The number of hydrogen-bond acceptors (Lipinski definition) is 5. The molecule has 1 N–H and O–H groups in total. The maximum Gasteiger partial charge on any atom is 0.324 e. The van der Waals surface area contributed by atoms with E-state index in [4.69, 9.17) is 37.4 Å². The Morgan fingerprint density at radius 3 is 2.36 bits per heavy atom. The Morgan fingerprint density at radius 1 is 0.972 bits per heavy atom. The number of aromatic nitrogens is 1. The molecule has 0 aliphatic carbocycles. The van der Waals surface area contributed by atoms with Gasteiger partial charge in [-0.2, -0.15) is 0 Å². The van der Waals surface area contributed by atoms with Crippen LogP contribution in [-0.4, -0.2) is 22.7 Å². The van der Waals surface area contributed by atoms with Gasteiger partial charge in [-0.25, -0.2) is 0 Å². The normalized spacial score (nSPS) is 16.4. The molecular formula is C28H23Cl2NO5. The quantitative estimate of drug-likeness (QED) is 0.226. The summed E-state index contributed by atoms with van der Waals surface area (Å²) in [6.07, 6.45) is 1.80. The highest BCUT2D eigenvalue weighted by Gasteiger charge is 2.48. The zero-order chi connectivity index (χ0) is 25.4. The number of rotatable bonds is 6. The van der Waals surface area contributed by atoms with Gasteiger partial charge in [0, 0.05) is 41.9 Å².